The van der Waals surface area contributed by atoms with Gasteiger partial charge in [0, 0.05) is 31.1 Å². The van der Waals surface area contributed by atoms with E-state index in [0.29, 0.717) is 17.5 Å². The lowest BCUT2D eigenvalue weighted by Gasteiger charge is -2.32. The lowest BCUT2D eigenvalue weighted by molar-refractivity contribution is 0.559. The van der Waals surface area contributed by atoms with Crippen LogP contribution in [0.4, 0.5) is 5.69 Å². The molecule has 4 nitrogen and oxygen atoms in total. The fourth-order valence-electron chi connectivity index (χ4n) is 2.28. The molecule has 0 aliphatic carbocycles. The van der Waals surface area contributed by atoms with Crippen molar-refractivity contribution in [1.82, 2.24) is 0 Å². The molecule has 0 heterocycles. The van der Waals surface area contributed by atoms with Gasteiger partial charge in [0.2, 0.25) is 0 Å². The normalized spacial score (nSPS) is 11.8. The maximum Gasteiger partial charge on any atom is 0.175 e. The molecule has 1 aromatic rings. The number of hydrogen-bond donors (Lipinski definition) is 1. The Morgan fingerprint density at radius 3 is 2.05 bits per heavy atom. The second-order valence-corrected chi connectivity index (χ2v) is 6.73. The Balaban J connectivity index is 3.04. The largest absolute Gasteiger partial charge is 0.367 e. The SMILES string of the molecule is CCC(CC)N(CCN)c1ccc(S(C)(=O)=O)cc1. The zero-order valence-electron chi connectivity index (χ0n) is 12.0. The van der Waals surface area contributed by atoms with Crippen molar-refractivity contribution < 1.29 is 8.42 Å². The molecule has 5 heteroatoms. The van der Waals surface area contributed by atoms with Crippen LogP contribution in [-0.4, -0.2) is 33.8 Å². The summed E-state index contributed by atoms with van der Waals surface area (Å²) in [5.41, 5.74) is 6.71. The van der Waals surface area contributed by atoms with Crippen molar-refractivity contribution in [2.24, 2.45) is 5.73 Å². The van der Waals surface area contributed by atoms with Crippen molar-refractivity contribution in [3.05, 3.63) is 24.3 Å². The van der Waals surface area contributed by atoms with Crippen molar-refractivity contribution in [2.45, 2.75) is 37.6 Å². The van der Waals surface area contributed by atoms with Crippen molar-refractivity contribution in [1.29, 1.82) is 0 Å². The summed E-state index contributed by atoms with van der Waals surface area (Å²) < 4.78 is 22.9. The van der Waals surface area contributed by atoms with E-state index >= 15 is 0 Å². The molecule has 0 amide bonds. The number of nitrogens with two attached hydrogens (primary N) is 1. The molecule has 0 aliphatic rings. The molecule has 1 rings (SSSR count). The van der Waals surface area contributed by atoms with Gasteiger partial charge >= 0.3 is 0 Å². The molecule has 0 bridgehead atoms. The van der Waals surface area contributed by atoms with E-state index in [9.17, 15) is 8.42 Å². The third-order valence-corrected chi connectivity index (χ3v) is 4.48. The molecule has 0 spiro atoms. The van der Waals surface area contributed by atoms with E-state index in [2.05, 4.69) is 18.7 Å². The topological polar surface area (TPSA) is 63.4 Å². The standard InChI is InChI=1S/C14H24N2O2S/c1-4-12(5-2)16(11-10-15)13-6-8-14(9-7-13)19(3,17)18/h6-9,12H,4-5,10-11,15H2,1-3H3. The summed E-state index contributed by atoms with van der Waals surface area (Å²) >= 11 is 0. The first-order valence-corrected chi connectivity index (χ1v) is 8.60. The lowest BCUT2D eigenvalue weighted by Crippen LogP contribution is -2.38. The molecule has 0 fully saturated rings. The quantitative estimate of drug-likeness (QED) is 0.832. The van der Waals surface area contributed by atoms with Gasteiger partial charge in [-0.05, 0) is 37.1 Å². The Bertz CT molecular complexity index is 479. The highest BCUT2D eigenvalue weighted by Crippen LogP contribution is 2.22. The van der Waals surface area contributed by atoms with Crippen LogP contribution >= 0.6 is 0 Å². The van der Waals surface area contributed by atoms with Crippen molar-refractivity contribution in [3.8, 4) is 0 Å². The summed E-state index contributed by atoms with van der Waals surface area (Å²) in [6.45, 7) is 5.68. The number of nitrogens with zero attached hydrogens (tertiary/aromatic N) is 1. The average molecular weight is 284 g/mol. The van der Waals surface area contributed by atoms with E-state index < -0.39 is 9.84 Å². The molecule has 108 valence electrons. The minimum absolute atomic E-state index is 0.355. The highest BCUT2D eigenvalue weighted by atomic mass is 32.2. The van der Waals surface area contributed by atoms with Crippen LogP contribution in [0.3, 0.4) is 0 Å². The molecule has 0 unspecified atom stereocenters. The summed E-state index contributed by atoms with van der Waals surface area (Å²) in [6, 6.07) is 7.50. The van der Waals surface area contributed by atoms with Gasteiger partial charge in [0.25, 0.3) is 0 Å². The zero-order valence-corrected chi connectivity index (χ0v) is 12.8. The first-order chi connectivity index (χ1) is 8.93. The number of benzene rings is 1. The minimum Gasteiger partial charge on any atom is -0.367 e. The van der Waals surface area contributed by atoms with E-state index in [1.807, 2.05) is 12.1 Å². The predicted molar refractivity (Wildman–Crippen MR) is 80.3 cm³/mol. The molecule has 0 atom stereocenters. The highest BCUT2D eigenvalue weighted by molar-refractivity contribution is 7.90. The molecular weight excluding hydrogens is 260 g/mol. The molecule has 2 N–H and O–H groups in total. The second-order valence-electron chi connectivity index (χ2n) is 4.72. The highest BCUT2D eigenvalue weighted by Gasteiger charge is 2.15. The smallest absolute Gasteiger partial charge is 0.175 e. The van der Waals surface area contributed by atoms with E-state index in [4.69, 9.17) is 5.73 Å². The van der Waals surface area contributed by atoms with Crippen LogP contribution in [0.5, 0.6) is 0 Å². The van der Waals surface area contributed by atoms with Gasteiger partial charge in [-0.25, -0.2) is 8.42 Å². The van der Waals surface area contributed by atoms with Crippen LogP contribution in [0.2, 0.25) is 0 Å². The summed E-state index contributed by atoms with van der Waals surface area (Å²) in [5, 5.41) is 0. The predicted octanol–water partition coefficient (Wildman–Crippen LogP) is 2.04. The van der Waals surface area contributed by atoms with Crippen LogP contribution in [0.15, 0.2) is 29.2 Å². The van der Waals surface area contributed by atoms with Crippen molar-refractivity contribution >= 4 is 15.5 Å². The summed E-state index contributed by atoms with van der Waals surface area (Å²) in [7, 11) is -3.13. The van der Waals surface area contributed by atoms with E-state index in [1.165, 1.54) is 6.26 Å². The van der Waals surface area contributed by atoms with E-state index in [0.717, 1.165) is 25.1 Å². The third-order valence-electron chi connectivity index (χ3n) is 3.35. The summed E-state index contributed by atoms with van der Waals surface area (Å²) in [5.74, 6) is 0. The number of sulfone groups is 1. The fraction of sp³-hybridized carbons (Fsp3) is 0.571. The monoisotopic (exact) mass is 284 g/mol. The van der Waals surface area contributed by atoms with Crippen LogP contribution in [0.1, 0.15) is 26.7 Å². The van der Waals surface area contributed by atoms with Crippen LogP contribution in [0, 0.1) is 0 Å². The zero-order chi connectivity index (χ0) is 14.5. The first kappa shape index (κ1) is 16.0. The average Bonchev–Trinajstić information content (AvgIpc) is 2.38. The Morgan fingerprint density at radius 1 is 1.16 bits per heavy atom. The van der Waals surface area contributed by atoms with Gasteiger partial charge in [-0.2, -0.15) is 0 Å². The maximum absolute atomic E-state index is 11.5. The molecule has 19 heavy (non-hydrogen) atoms. The summed E-state index contributed by atoms with van der Waals surface area (Å²) in [4.78, 5) is 2.61. The van der Waals surface area contributed by atoms with Crippen molar-refractivity contribution in [2.75, 3.05) is 24.2 Å². The van der Waals surface area contributed by atoms with Gasteiger partial charge in [0.1, 0.15) is 0 Å². The molecular formula is C14H24N2O2S. The van der Waals surface area contributed by atoms with Gasteiger partial charge < -0.3 is 10.6 Å². The fourth-order valence-corrected chi connectivity index (χ4v) is 2.91. The van der Waals surface area contributed by atoms with Gasteiger partial charge in [-0.15, -0.1) is 0 Å². The minimum atomic E-state index is -3.13. The Morgan fingerprint density at radius 2 is 1.68 bits per heavy atom. The Labute approximate surface area is 116 Å². The Hall–Kier alpha value is -1.07. The number of anilines is 1. The first-order valence-electron chi connectivity index (χ1n) is 6.70. The van der Waals surface area contributed by atoms with Gasteiger partial charge in [0.15, 0.2) is 9.84 Å². The van der Waals surface area contributed by atoms with Crippen LogP contribution in [0.25, 0.3) is 0 Å². The number of hydrogen-bond acceptors (Lipinski definition) is 4. The molecule has 1 aromatic carbocycles. The third kappa shape index (κ3) is 4.21. The van der Waals surface area contributed by atoms with E-state index in [1.54, 1.807) is 12.1 Å². The van der Waals surface area contributed by atoms with Gasteiger partial charge in [0.05, 0.1) is 4.90 Å². The van der Waals surface area contributed by atoms with Gasteiger partial charge in [-0.3, -0.25) is 0 Å². The van der Waals surface area contributed by atoms with E-state index in [-0.39, 0.29) is 0 Å². The molecule has 0 saturated carbocycles. The second kappa shape index (κ2) is 6.91. The maximum atomic E-state index is 11.5. The molecule has 0 saturated heterocycles. The lowest BCUT2D eigenvalue weighted by atomic mass is 10.1. The summed E-state index contributed by atoms with van der Waals surface area (Å²) in [6.07, 6.45) is 3.31. The molecule has 0 aliphatic heterocycles. The number of rotatable bonds is 7. The Kier molecular flexibility index (Phi) is 5.82. The van der Waals surface area contributed by atoms with Crippen molar-refractivity contribution in [3.63, 3.8) is 0 Å². The molecule has 0 radical (unpaired) electrons. The van der Waals surface area contributed by atoms with Gasteiger partial charge in [-0.1, -0.05) is 13.8 Å². The van der Waals surface area contributed by atoms with Crippen LogP contribution in [-0.2, 0) is 9.84 Å². The molecule has 0 aromatic heterocycles. The van der Waals surface area contributed by atoms with Crippen LogP contribution < -0.4 is 10.6 Å².